The van der Waals surface area contributed by atoms with E-state index in [4.69, 9.17) is 60.2 Å². The van der Waals surface area contributed by atoms with Crippen LogP contribution in [0.25, 0.3) is 96.7 Å². The molecule has 0 bridgehead atoms. The number of carbonyl (C=O) groups is 3. The summed E-state index contributed by atoms with van der Waals surface area (Å²) < 4.78 is 35.5. The number of thiazole rings is 3. The van der Waals surface area contributed by atoms with Gasteiger partial charge in [0.15, 0.2) is 39.1 Å². The summed E-state index contributed by atoms with van der Waals surface area (Å²) in [5, 5.41) is 25.9. The van der Waals surface area contributed by atoms with Gasteiger partial charge in [-0.3, -0.25) is 14.8 Å². The molecule has 0 spiro atoms. The molecule has 4 aliphatic rings. The van der Waals surface area contributed by atoms with Crippen LogP contribution in [0.2, 0.25) is 5.02 Å². The number of hydrogen-bond acceptors (Lipinski definition) is 19. The summed E-state index contributed by atoms with van der Waals surface area (Å²) >= 11 is 10.9. The number of halogens is 1. The molecule has 0 unspecified atom stereocenters. The average Bonchev–Trinajstić information content (AvgIpc) is 1.39. The van der Waals surface area contributed by atoms with E-state index in [9.17, 15) is 24.6 Å². The molecule has 10 heterocycles. The van der Waals surface area contributed by atoms with Crippen molar-refractivity contribution in [2.24, 2.45) is 7.05 Å². The number of carbonyl (C=O) groups excluding carboxylic acids is 1. The van der Waals surface area contributed by atoms with E-state index in [1.807, 2.05) is 155 Å². The molecule has 12 aromatic rings. The van der Waals surface area contributed by atoms with Crippen LogP contribution in [0.4, 0.5) is 10.3 Å². The van der Waals surface area contributed by atoms with Crippen molar-refractivity contribution in [3.05, 3.63) is 153 Å². The molecular formula is C81H84ClN9O10S3. The first-order valence-electron chi connectivity index (χ1n) is 35.1. The zero-order valence-electron chi connectivity index (χ0n) is 60.9. The van der Waals surface area contributed by atoms with Crippen LogP contribution < -0.4 is 19.3 Å². The van der Waals surface area contributed by atoms with Crippen LogP contribution in [0, 0.1) is 20.8 Å². The Morgan fingerprint density at radius 2 is 0.962 bits per heavy atom. The number of carboxylic acid groups (broad SMARTS) is 2. The normalized spacial score (nSPS) is 15.2. The summed E-state index contributed by atoms with van der Waals surface area (Å²) in [5.74, 6) is 0.382. The van der Waals surface area contributed by atoms with Gasteiger partial charge in [0, 0.05) is 131 Å². The highest BCUT2D eigenvalue weighted by Gasteiger charge is 2.38. The third kappa shape index (κ3) is 14.1. The second-order valence-electron chi connectivity index (χ2n) is 30.0. The quantitative estimate of drug-likeness (QED) is 0.0972. The van der Waals surface area contributed by atoms with Crippen molar-refractivity contribution in [1.82, 2.24) is 34.5 Å². The van der Waals surface area contributed by atoms with E-state index in [-0.39, 0.29) is 5.78 Å². The number of carboxylic acids is 2. The summed E-state index contributed by atoms with van der Waals surface area (Å²) in [7, 11) is 1.92. The highest BCUT2D eigenvalue weighted by atomic mass is 35.5. The summed E-state index contributed by atoms with van der Waals surface area (Å²) in [4.78, 5) is 71.6. The first-order chi connectivity index (χ1) is 49.5. The van der Waals surface area contributed by atoms with Crippen molar-refractivity contribution in [2.45, 2.75) is 151 Å². The van der Waals surface area contributed by atoms with Crippen molar-refractivity contribution in [2.75, 3.05) is 49.2 Å². The highest BCUT2D eigenvalue weighted by molar-refractivity contribution is 7.23. The van der Waals surface area contributed by atoms with E-state index in [0.29, 0.717) is 29.4 Å². The van der Waals surface area contributed by atoms with Crippen molar-refractivity contribution in [3.63, 3.8) is 0 Å². The van der Waals surface area contributed by atoms with E-state index in [1.165, 1.54) is 28.9 Å². The molecule has 0 radical (unpaired) electrons. The second kappa shape index (κ2) is 28.1. The minimum atomic E-state index is -1.14. The molecule has 23 heteroatoms. The smallest absolute Gasteiger partial charge is 0.337 e. The maximum absolute atomic E-state index is 13.1. The van der Waals surface area contributed by atoms with Gasteiger partial charge in [-0.2, -0.15) is 0 Å². The van der Waals surface area contributed by atoms with E-state index < -0.39 is 47.1 Å². The fraction of sp³-hybridized carbons (Fsp3) is 0.370. The number of aromatic nitrogens is 7. The number of hydrogen-bond donors (Lipinski definition) is 2. The number of nitrogens with zero attached hydrogens (tertiary/aromatic N) is 9. The molecule has 104 heavy (non-hydrogen) atoms. The summed E-state index contributed by atoms with van der Waals surface area (Å²) in [6.45, 7) is 30.1. The number of anilines is 2. The van der Waals surface area contributed by atoms with Gasteiger partial charge in [-0.15, -0.1) is 11.3 Å². The van der Waals surface area contributed by atoms with Crippen molar-refractivity contribution in [3.8, 4) is 55.7 Å². The molecule has 4 aliphatic heterocycles. The highest BCUT2D eigenvalue weighted by Crippen LogP contribution is 2.51. The lowest BCUT2D eigenvalue weighted by Gasteiger charge is -2.30. The molecular weight excluding hydrogens is 1390 g/mol. The number of aryl methyl sites for hydroxylation is 4. The van der Waals surface area contributed by atoms with Gasteiger partial charge in [0.1, 0.15) is 17.6 Å². The molecule has 538 valence electrons. The summed E-state index contributed by atoms with van der Waals surface area (Å²) in [6.07, 6.45) is 8.38. The van der Waals surface area contributed by atoms with Gasteiger partial charge in [0.2, 0.25) is 0 Å². The zero-order valence-corrected chi connectivity index (χ0v) is 64.1. The number of ether oxygens (including phenoxy) is 5. The van der Waals surface area contributed by atoms with Gasteiger partial charge in [-0.25, -0.2) is 29.5 Å². The van der Waals surface area contributed by atoms with Crippen LogP contribution in [0.1, 0.15) is 145 Å². The molecule has 2 fully saturated rings. The molecule has 2 saturated heterocycles. The number of ketones is 1. The van der Waals surface area contributed by atoms with Crippen molar-refractivity contribution in [1.29, 1.82) is 0 Å². The molecule has 6 aromatic carbocycles. The minimum absolute atomic E-state index is 0.0138. The Balaban J connectivity index is 0.000000132. The number of rotatable bonds is 15. The number of pyridine rings is 2. The lowest BCUT2D eigenvalue weighted by molar-refractivity contribution is -0.161. The standard InChI is InChI=1S/C29H31N3O3S.C28H29N3O4S.C24H24ClN3O3S/c1-16-15-20-27(36-28(31-20)32-12-6-13-32)24(22(16)26(17(2)33)35-29(3,4)5)19-7-8-21-23-18(10-14-34-21)9-11-30-25(19)23;1-15-14-18-25(36-27(30-18)31-11-5-12-31)22(20(15)24(26(32)33)35-28(2,3)4)17-6-7-19-21-16(9-13-34-19)8-10-29-23(17)21;1-13-12-16-20(32-22(27-16)21-26-10-11-28(21)5)18(14-6-8-15(25)9-7-14)17(13)19(23(29)30)31-24(2,3)4/h7-9,11,15,26H,6,10,12-14H2,1-5H3;6-8,10,14,24H,5,9,11-13H2,1-4H3,(H,32,33);6-12,19H,1-5H3,(H,29,30)/t26-;24-;19-/m100/s1. The Bertz CT molecular complexity index is 5130. The SMILES string of the molecule is CC(=O)[C@@H](OC(C)(C)C)c1c(C)cc2nc(N3CCC3)sc2c1-c1ccc2c3c(ccnc13)CCO2.Cc1cc2nc(-c3nccn3C)sc2c(-c2ccc(Cl)cc2)c1[C@H](OC(C)(C)C)C(=O)O.Cc1cc2nc(N3CCC3)sc2c(-c2ccc3c4c(ccnc24)CCO3)c1[C@H](OC(C)(C)C)C(=O)O. The van der Waals surface area contributed by atoms with E-state index in [1.54, 1.807) is 47.9 Å². The Kier molecular flexibility index (Phi) is 19.5. The first-order valence-corrected chi connectivity index (χ1v) is 37.9. The van der Waals surface area contributed by atoms with Gasteiger partial charge in [-0.1, -0.05) is 46.4 Å². The topological polar surface area (TPSA) is 227 Å². The van der Waals surface area contributed by atoms with Gasteiger partial charge in [0.05, 0.1) is 71.7 Å². The van der Waals surface area contributed by atoms with Crippen LogP contribution in [-0.4, -0.2) is 119 Å². The number of benzene rings is 6. The maximum atomic E-state index is 13.1. The van der Waals surface area contributed by atoms with Crippen LogP contribution >= 0.6 is 45.6 Å². The number of Topliss-reactive ketones (excluding diaryl/α,β-unsaturated/α-hetero) is 1. The third-order valence-corrected chi connectivity index (χ3v) is 22.5. The molecule has 19 nitrogen and oxygen atoms in total. The third-order valence-electron chi connectivity index (χ3n) is 18.9. The number of fused-ring (bicyclic) bond motifs is 3. The average molecular weight is 1480 g/mol. The predicted molar refractivity (Wildman–Crippen MR) is 416 cm³/mol. The molecule has 0 amide bonds. The summed E-state index contributed by atoms with van der Waals surface area (Å²) in [5.41, 5.74) is 15.2. The van der Waals surface area contributed by atoms with Crippen LogP contribution in [0.3, 0.4) is 0 Å². The Morgan fingerprint density at radius 3 is 1.37 bits per heavy atom. The van der Waals surface area contributed by atoms with Gasteiger partial charge in [-0.05, 0) is 203 Å². The minimum Gasteiger partial charge on any atom is -0.493 e. The first kappa shape index (κ1) is 72.0. The fourth-order valence-corrected chi connectivity index (χ4v) is 17.7. The van der Waals surface area contributed by atoms with Gasteiger partial charge in [0.25, 0.3) is 0 Å². The lowest BCUT2D eigenvalue weighted by atomic mass is 9.88. The molecule has 0 saturated carbocycles. The van der Waals surface area contributed by atoms with E-state index >= 15 is 0 Å². The predicted octanol–water partition coefficient (Wildman–Crippen LogP) is 18.6. The molecule has 2 N–H and O–H groups in total. The molecule has 3 atom stereocenters. The van der Waals surface area contributed by atoms with Crippen LogP contribution in [-0.2, 0) is 48.5 Å². The molecule has 6 aromatic heterocycles. The second-order valence-corrected chi connectivity index (χ2v) is 33.4. The number of aliphatic carboxylic acids is 2. The van der Waals surface area contributed by atoms with Crippen LogP contribution in [0.15, 0.2) is 104 Å². The largest absolute Gasteiger partial charge is 0.493 e. The van der Waals surface area contributed by atoms with Crippen molar-refractivity contribution < 1.29 is 48.3 Å². The van der Waals surface area contributed by atoms with Crippen LogP contribution in [0.5, 0.6) is 11.5 Å². The van der Waals surface area contributed by atoms with Gasteiger partial charge < -0.3 is 48.3 Å². The van der Waals surface area contributed by atoms with Crippen molar-refractivity contribution >= 4 is 126 Å². The Hall–Kier alpha value is -9.00. The Morgan fingerprint density at radius 1 is 0.538 bits per heavy atom. The number of imidazole rings is 1. The molecule has 0 aliphatic carbocycles. The van der Waals surface area contributed by atoms with Gasteiger partial charge >= 0.3 is 11.9 Å². The lowest BCUT2D eigenvalue weighted by Crippen LogP contribution is -2.36. The fourth-order valence-electron chi connectivity index (χ4n) is 14.1. The Labute approximate surface area is 620 Å². The molecule has 16 rings (SSSR count). The van der Waals surface area contributed by atoms with E-state index in [0.717, 1.165) is 186 Å². The maximum Gasteiger partial charge on any atom is 0.337 e. The summed E-state index contributed by atoms with van der Waals surface area (Å²) in [6, 6.07) is 25.7. The zero-order chi connectivity index (χ0) is 73.6. The monoisotopic (exact) mass is 1470 g/mol. The van der Waals surface area contributed by atoms with E-state index in [2.05, 4.69) is 39.9 Å².